The van der Waals surface area contributed by atoms with Gasteiger partial charge in [0.15, 0.2) is 11.6 Å². The Morgan fingerprint density at radius 3 is 2.78 bits per heavy atom. The summed E-state index contributed by atoms with van der Waals surface area (Å²) in [4.78, 5) is 13.4. The summed E-state index contributed by atoms with van der Waals surface area (Å²) in [5.74, 6) is -2.07. The number of rotatable bonds is 2. The second kappa shape index (κ2) is 6.11. The van der Waals surface area contributed by atoms with Crippen molar-refractivity contribution < 1.29 is 13.6 Å². The van der Waals surface area contributed by atoms with Crippen LogP contribution < -0.4 is 5.73 Å². The summed E-state index contributed by atoms with van der Waals surface area (Å²) >= 11 is 0. The van der Waals surface area contributed by atoms with E-state index >= 15 is 0 Å². The molecule has 1 aliphatic heterocycles. The fourth-order valence-electron chi connectivity index (χ4n) is 1.97. The van der Waals surface area contributed by atoms with Crippen molar-refractivity contribution in [3.63, 3.8) is 0 Å². The van der Waals surface area contributed by atoms with E-state index in [1.807, 2.05) is 0 Å². The van der Waals surface area contributed by atoms with Crippen molar-refractivity contribution in [3.8, 4) is 0 Å². The molecule has 0 saturated carbocycles. The Kier molecular flexibility index (Phi) is 5.04. The van der Waals surface area contributed by atoms with Crippen molar-refractivity contribution in [3.05, 3.63) is 35.4 Å². The molecule has 2 rings (SSSR count). The van der Waals surface area contributed by atoms with Gasteiger partial charge in [0.1, 0.15) is 0 Å². The molecule has 1 atom stereocenters. The zero-order chi connectivity index (χ0) is 12.4. The first kappa shape index (κ1) is 14.9. The summed E-state index contributed by atoms with van der Waals surface area (Å²) in [6.07, 6.45) is 0.647. The van der Waals surface area contributed by atoms with Crippen LogP contribution >= 0.6 is 12.4 Å². The standard InChI is InChI=1S/C12H14F2N2O.ClH/c13-10-3-1-2-8(12(10)14)6-11(17)16-5-4-9(15)7-16;/h1-3,9H,4-7,15H2;1H. The first-order chi connectivity index (χ1) is 8.08. The van der Waals surface area contributed by atoms with Crippen LogP contribution in [0.3, 0.4) is 0 Å². The number of hydrogen-bond acceptors (Lipinski definition) is 2. The van der Waals surface area contributed by atoms with Gasteiger partial charge in [-0.2, -0.15) is 0 Å². The van der Waals surface area contributed by atoms with E-state index in [2.05, 4.69) is 0 Å². The molecule has 0 bridgehead atoms. The highest BCUT2D eigenvalue weighted by Gasteiger charge is 2.24. The van der Waals surface area contributed by atoms with Gasteiger partial charge in [-0.25, -0.2) is 8.78 Å². The Balaban J connectivity index is 0.00000162. The number of carbonyl (C=O) groups excluding carboxylic acids is 1. The third-order valence-corrected chi connectivity index (χ3v) is 2.95. The summed E-state index contributed by atoms with van der Waals surface area (Å²) in [6, 6.07) is 3.86. The lowest BCUT2D eigenvalue weighted by molar-refractivity contribution is -0.129. The zero-order valence-electron chi connectivity index (χ0n) is 9.73. The molecule has 0 radical (unpaired) electrons. The SMILES string of the molecule is Cl.NC1CCN(C(=O)Cc2cccc(F)c2F)C1. The monoisotopic (exact) mass is 276 g/mol. The van der Waals surface area contributed by atoms with E-state index in [9.17, 15) is 13.6 Å². The average Bonchev–Trinajstić information content (AvgIpc) is 2.72. The molecule has 6 heteroatoms. The van der Waals surface area contributed by atoms with Crippen LogP contribution in [0.4, 0.5) is 8.78 Å². The average molecular weight is 277 g/mol. The van der Waals surface area contributed by atoms with E-state index in [1.165, 1.54) is 12.1 Å². The van der Waals surface area contributed by atoms with Crippen molar-refractivity contribution in [2.45, 2.75) is 18.9 Å². The first-order valence-corrected chi connectivity index (χ1v) is 5.54. The van der Waals surface area contributed by atoms with Crippen LogP contribution in [-0.4, -0.2) is 29.9 Å². The van der Waals surface area contributed by atoms with Crippen LogP contribution in [0.25, 0.3) is 0 Å². The van der Waals surface area contributed by atoms with Crippen LogP contribution in [0.1, 0.15) is 12.0 Å². The van der Waals surface area contributed by atoms with Gasteiger partial charge in [0.2, 0.25) is 5.91 Å². The third kappa shape index (κ3) is 3.17. The van der Waals surface area contributed by atoms with Crippen molar-refractivity contribution in [2.24, 2.45) is 5.73 Å². The van der Waals surface area contributed by atoms with Crippen LogP contribution in [0.5, 0.6) is 0 Å². The van der Waals surface area contributed by atoms with E-state index in [1.54, 1.807) is 4.90 Å². The van der Waals surface area contributed by atoms with Crippen molar-refractivity contribution >= 4 is 18.3 Å². The van der Waals surface area contributed by atoms with E-state index in [4.69, 9.17) is 5.73 Å². The Bertz CT molecular complexity index is 442. The number of nitrogens with zero attached hydrogens (tertiary/aromatic N) is 1. The molecule has 1 aromatic carbocycles. The second-order valence-electron chi connectivity index (χ2n) is 4.28. The number of hydrogen-bond donors (Lipinski definition) is 1. The molecule has 0 aromatic heterocycles. The lowest BCUT2D eigenvalue weighted by Crippen LogP contribution is -2.33. The molecule has 3 nitrogen and oxygen atoms in total. The van der Waals surface area contributed by atoms with Gasteiger partial charge in [-0.1, -0.05) is 12.1 Å². The minimum absolute atomic E-state index is 0. The van der Waals surface area contributed by atoms with E-state index < -0.39 is 11.6 Å². The molecule has 1 heterocycles. The number of benzene rings is 1. The van der Waals surface area contributed by atoms with Gasteiger partial charge in [0, 0.05) is 24.7 Å². The Morgan fingerprint density at radius 2 is 2.17 bits per heavy atom. The molecule has 0 aliphatic carbocycles. The van der Waals surface area contributed by atoms with Gasteiger partial charge in [-0.15, -0.1) is 12.4 Å². The molecule has 18 heavy (non-hydrogen) atoms. The summed E-state index contributed by atoms with van der Waals surface area (Å²) in [5, 5.41) is 0. The maximum Gasteiger partial charge on any atom is 0.227 e. The molecule has 100 valence electrons. The predicted molar refractivity (Wildman–Crippen MR) is 66.5 cm³/mol. The van der Waals surface area contributed by atoms with Crippen molar-refractivity contribution in [1.29, 1.82) is 0 Å². The predicted octanol–water partition coefficient (Wildman–Crippen LogP) is 1.49. The number of amides is 1. The van der Waals surface area contributed by atoms with Crippen LogP contribution in [0.15, 0.2) is 18.2 Å². The normalized spacial score (nSPS) is 18.6. The number of likely N-dealkylation sites (tertiary alicyclic amines) is 1. The lowest BCUT2D eigenvalue weighted by atomic mass is 10.1. The van der Waals surface area contributed by atoms with Crippen LogP contribution in [0, 0.1) is 11.6 Å². The van der Waals surface area contributed by atoms with E-state index in [0.717, 1.165) is 12.5 Å². The van der Waals surface area contributed by atoms with Crippen LogP contribution in [0.2, 0.25) is 0 Å². The van der Waals surface area contributed by atoms with Gasteiger partial charge in [-0.05, 0) is 12.5 Å². The molecular weight excluding hydrogens is 262 g/mol. The van der Waals surface area contributed by atoms with Gasteiger partial charge in [0.05, 0.1) is 6.42 Å². The van der Waals surface area contributed by atoms with Crippen LogP contribution in [-0.2, 0) is 11.2 Å². The summed E-state index contributed by atoms with van der Waals surface area (Å²) in [5.41, 5.74) is 5.78. The number of carbonyl (C=O) groups is 1. The lowest BCUT2D eigenvalue weighted by Gasteiger charge is -2.15. The molecule has 2 N–H and O–H groups in total. The molecule has 0 spiro atoms. The third-order valence-electron chi connectivity index (χ3n) is 2.95. The summed E-state index contributed by atoms with van der Waals surface area (Å²) < 4.78 is 26.3. The highest BCUT2D eigenvalue weighted by Crippen LogP contribution is 2.15. The Hall–Kier alpha value is -1.20. The van der Waals surface area contributed by atoms with E-state index in [0.29, 0.717) is 13.1 Å². The minimum Gasteiger partial charge on any atom is -0.341 e. The van der Waals surface area contributed by atoms with Gasteiger partial charge < -0.3 is 10.6 Å². The molecule has 1 fully saturated rings. The van der Waals surface area contributed by atoms with E-state index in [-0.39, 0.29) is 36.3 Å². The molecular formula is C12H15ClF2N2O. The molecule has 1 unspecified atom stereocenters. The second-order valence-corrected chi connectivity index (χ2v) is 4.28. The highest BCUT2D eigenvalue weighted by atomic mass is 35.5. The minimum atomic E-state index is -0.940. The van der Waals surface area contributed by atoms with Gasteiger partial charge >= 0.3 is 0 Å². The van der Waals surface area contributed by atoms with Crippen molar-refractivity contribution in [2.75, 3.05) is 13.1 Å². The smallest absolute Gasteiger partial charge is 0.227 e. The zero-order valence-corrected chi connectivity index (χ0v) is 10.6. The largest absolute Gasteiger partial charge is 0.341 e. The molecule has 1 aliphatic rings. The molecule has 1 aromatic rings. The van der Waals surface area contributed by atoms with Gasteiger partial charge in [0.25, 0.3) is 0 Å². The number of nitrogens with two attached hydrogens (primary N) is 1. The molecule has 1 amide bonds. The van der Waals surface area contributed by atoms with Crippen molar-refractivity contribution in [1.82, 2.24) is 4.90 Å². The highest BCUT2D eigenvalue weighted by molar-refractivity contribution is 5.85. The first-order valence-electron chi connectivity index (χ1n) is 5.54. The summed E-state index contributed by atoms with van der Waals surface area (Å²) in [7, 11) is 0. The Labute approximate surface area is 110 Å². The Morgan fingerprint density at radius 1 is 1.44 bits per heavy atom. The fraction of sp³-hybridized carbons (Fsp3) is 0.417. The van der Waals surface area contributed by atoms with Gasteiger partial charge in [-0.3, -0.25) is 4.79 Å². The molecule has 1 saturated heterocycles. The number of halogens is 3. The maximum atomic E-state index is 13.4. The quantitative estimate of drug-likeness (QED) is 0.890. The maximum absolute atomic E-state index is 13.4. The fourth-order valence-corrected chi connectivity index (χ4v) is 1.97. The summed E-state index contributed by atoms with van der Waals surface area (Å²) in [6.45, 7) is 1.09. The topological polar surface area (TPSA) is 46.3 Å².